The third-order valence-corrected chi connectivity index (χ3v) is 2.59. The molecule has 0 atom stereocenters. The number of hydrogen-bond acceptors (Lipinski definition) is 4. The van der Waals surface area contributed by atoms with Crippen molar-refractivity contribution in [2.45, 2.75) is 13.5 Å². The van der Waals surface area contributed by atoms with E-state index in [4.69, 9.17) is 4.74 Å². The maximum Gasteiger partial charge on any atom is 0.387 e. The lowest BCUT2D eigenvalue weighted by atomic mass is 10.1. The molecule has 0 radical (unpaired) electrons. The molecule has 0 bridgehead atoms. The molecule has 20 heavy (non-hydrogen) atoms. The van der Waals surface area contributed by atoms with Crippen LogP contribution in [0.3, 0.4) is 0 Å². The minimum Gasteiger partial charge on any atom is -0.462 e. The lowest BCUT2D eigenvalue weighted by Gasteiger charge is -2.08. The van der Waals surface area contributed by atoms with Crippen LogP contribution in [0.25, 0.3) is 10.9 Å². The Bertz CT molecular complexity index is 696. The van der Waals surface area contributed by atoms with Gasteiger partial charge in [-0.15, -0.1) is 0 Å². The third-order valence-electron chi connectivity index (χ3n) is 2.59. The number of benzene rings is 1. The van der Waals surface area contributed by atoms with Crippen LogP contribution in [0.15, 0.2) is 29.2 Å². The number of alkyl halides is 2. The van der Waals surface area contributed by atoms with Crippen molar-refractivity contribution in [3.8, 4) is 5.75 Å². The molecule has 0 unspecified atom stereocenters. The number of para-hydroxylation sites is 1. The van der Waals surface area contributed by atoms with Crippen molar-refractivity contribution in [3.05, 3.63) is 40.2 Å². The zero-order chi connectivity index (χ0) is 14.7. The first kappa shape index (κ1) is 14.0. The quantitative estimate of drug-likeness (QED) is 0.874. The Morgan fingerprint density at radius 3 is 2.80 bits per heavy atom. The maximum atomic E-state index is 12.3. The second-order valence-corrected chi connectivity index (χ2v) is 3.81. The third kappa shape index (κ3) is 2.61. The highest BCUT2D eigenvalue weighted by atomic mass is 19.3. The van der Waals surface area contributed by atoms with Gasteiger partial charge in [0.1, 0.15) is 11.3 Å². The molecule has 1 aromatic heterocycles. The number of aromatic amines is 1. The second kappa shape index (κ2) is 5.68. The number of esters is 1. The molecular weight excluding hydrogens is 272 g/mol. The molecule has 2 rings (SSSR count). The number of hydrogen-bond donors (Lipinski definition) is 1. The summed E-state index contributed by atoms with van der Waals surface area (Å²) in [4.78, 5) is 26.3. The van der Waals surface area contributed by atoms with Gasteiger partial charge >= 0.3 is 12.6 Å². The van der Waals surface area contributed by atoms with E-state index < -0.39 is 18.0 Å². The molecule has 2 aromatic rings. The Morgan fingerprint density at radius 2 is 2.15 bits per heavy atom. The summed E-state index contributed by atoms with van der Waals surface area (Å²) in [5.41, 5.74) is -0.684. The van der Waals surface area contributed by atoms with Gasteiger partial charge in [0.25, 0.3) is 0 Å². The number of H-pyrrole nitrogens is 1. The first-order chi connectivity index (χ1) is 9.54. The van der Waals surface area contributed by atoms with Crippen LogP contribution in [0.5, 0.6) is 5.75 Å². The molecule has 0 saturated carbocycles. The van der Waals surface area contributed by atoms with Gasteiger partial charge in [-0.25, -0.2) is 4.79 Å². The number of pyridine rings is 1. The molecule has 1 heterocycles. The van der Waals surface area contributed by atoms with Crippen molar-refractivity contribution in [2.75, 3.05) is 6.61 Å². The monoisotopic (exact) mass is 283 g/mol. The molecule has 106 valence electrons. The summed E-state index contributed by atoms with van der Waals surface area (Å²) in [7, 11) is 0. The van der Waals surface area contributed by atoms with Crippen LogP contribution in [-0.4, -0.2) is 24.2 Å². The van der Waals surface area contributed by atoms with Gasteiger partial charge in [0.05, 0.1) is 17.5 Å². The van der Waals surface area contributed by atoms with E-state index in [1.807, 2.05) is 0 Å². The van der Waals surface area contributed by atoms with Gasteiger partial charge in [0.15, 0.2) is 0 Å². The molecule has 7 heteroatoms. The van der Waals surface area contributed by atoms with E-state index in [-0.39, 0.29) is 28.8 Å². The van der Waals surface area contributed by atoms with Crippen LogP contribution in [0.2, 0.25) is 0 Å². The Kier molecular flexibility index (Phi) is 3.97. The summed E-state index contributed by atoms with van der Waals surface area (Å²) in [5, 5.41) is 0.0775. The van der Waals surface area contributed by atoms with Crippen LogP contribution in [0.4, 0.5) is 8.78 Å². The van der Waals surface area contributed by atoms with Crippen molar-refractivity contribution >= 4 is 16.9 Å². The van der Waals surface area contributed by atoms with Crippen molar-refractivity contribution in [1.29, 1.82) is 0 Å². The van der Waals surface area contributed by atoms with E-state index >= 15 is 0 Å². The van der Waals surface area contributed by atoms with Crippen molar-refractivity contribution in [1.82, 2.24) is 4.98 Å². The first-order valence-corrected chi connectivity index (χ1v) is 5.81. The molecule has 0 spiro atoms. The number of ether oxygens (including phenoxy) is 2. The second-order valence-electron chi connectivity index (χ2n) is 3.81. The van der Waals surface area contributed by atoms with Gasteiger partial charge in [-0.3, -0.25) is 4.79 Å². The van der Waals surface area contributed by atoms with Gasteiger partial charge in [0, 0.05) is 6.20 Å². The number of halogens is 2. The predicted molar refractivity (Wildman–Crippen MR) is 67.2 cm³/mol. The molecule has 0 saturated heterocycles. The van der Waals surface area contributed by atoms with E-state index in [0.29, 0.717) is 0 Å². The maximum absolute atomic E-state index is 12.3. The number of carbonyl (C=O) groups is 1. The van der Waals surface area contributed by atoms with Crippen LogP contribution in [0, 0.1) is 0 Å². The minimum atomic E-state index is -3.01. The van der Waals surface area contributed by atoms with E-state index in [1.54, 1.807) is 6.92 Å². The normalized spacial score (nSPS) is 10.8. The summed E-state index contributed by atoms with van der Waals surface area (Å²) < 4.78 is 33.6. The van der Waals surface area contributed by atoms with Crippen molar-refractivity contribution in [2.24, 2.45) is 0 Å². The highest BCUT2D eigenvalue weighted by Gasteiger charge is 2.16. The van der Waals surface area contributed by atoms with Gasteiger partial charge in [-0.2, -0.15) is 8.78 Å². The highest BCUT2D eigenvalue weighted by molar-refractivity contribution is 5.94. The lowest BCUT2D eigenvalue weighted by Crippen LogP contribution is -2.18. The molecule has 5 nitrogen and oxygen atoms in total. The van der Waals surface area contributed by atoms with Crippen molar-refractivity contribution in [3.63, 3.8) is 0 Å². The molecule has 1 aromatic carbocycles. The Labute approximate surface area is 112 Å². The fourth-order valence-electron chi connectivity index (χ4n) is 1.78. The molecule has 0 fully saturated rings. The number of fused-ring (bicyclic) bond motifs is 1. The number of aromatic nitrogens is 1. The largest absolute Gasteiger partial charge is 0.462 e. The van der Waals surface area contributed by atoms with E-state index in [1.165, 1.54) is 18.2 Å². The van der Waals surface area contributed by atoms with Gasteiger partial charge < -0.3 is 14.5 Å². The summed E-state index contributed by atoms with van der Waals surface area (Å²) in [6.45, 7) is -1.26. The SMILES string of the molecule is CCOC(=O)c1c[nH]c2c(OC(F)F)cccc2c1=O. The smallest absolute Gasteiger partial charge is 0.387 e. The van der Waals surface area contributed by atoms with E-state index in [0.717, 1.165) is 6.20 Å². The number of carbonyl (C=O) groups excluding carboxylic acids is 1. The van der Waals surface area contributed by atoms with Crippen LogP contribution >= 0.6 is 0 Å². The Morgan fingerprint density at radius 1 is 1.40 bits per heavy atom. The van der Waals surface area contributed by atoms with E-state index in [9.17, 15) is 18.4 Å². The van der Waals surface area contributed by atoms with Crippen LogP contribution in [-0.2, 0) is 4.74 Å². The fourth-order valence-corrected chi connectivity index (χ4v) is 1.78. The Balaban J connectivity index is 2.58. The average Bonchev–Trinajstić information content (AvgIpc) is 2.39. The van der Waals surface area contributed by atoms with Gasteiger partial charge in [-0.1, -0.05) is 6.07 Å². The van der Waals surface area contributed by atoms with Gasteiger partial charge in [-0.05, 0) is 19.1 Å². The van der Waals surface area contributed by atoms with Crippen LogP contribution < -0.4 is 10.2 Å². The first-order valence-electron chi connectivity index (χ1n) is 5.81. The van der Waals surface area contributed by atoms with E-state index in [2.05, 4.69) is 9.72 Å². The molecule has 0 amide bonds. The average molecular weight is 283 g/mol. The molecule has 1 N–H and O–H groups in total. The standard InChI is InChI=1S/C13H11F2NO4/c1-2-19-12(18)8-6-16-10-7(11(8)17)4-3-5-9(10)20-13(14)15/h3-6,13H,2H2,1H3,(H,16,17). The fraction of sp³-hybridized carbons (Fsp3) is 0.231. The molecule has 0 aliphatic heterocycles. The zero-order valence-corrected chi connectivity index (χ0v) is 10.5. The molecule has 0 aliphatic carbocycles. The highest BCUT2D eigenvalue weighted by Crippen LogP contribution is 2.23. The van der Waals surface area contributed by atoms with Crippen molar-refractivity contribution < 1.29 is 23.0 Å². The summed E-state index contributed by atoms with van der Waals surface area (Å²) >= 11 is 0. The topological polar surface area (TPSA) is 68.4 Å². The summed E-state index contributed by atoms with van der Waals surface area (Å²) in [6, 6.07) is 4.11. The molecular formula is C13H11F2NO4. The Hall–Kier alpha value is -2.44. The summed E-state index contributed by atoms with van der Waals surface area (Å²) in [6.07, 6.45) is 1.13. The van der Waals surface area contributed by atoms with Gasteiger partial charge in [0.2, 0.25) is 5.43 Å². The number of rotatable bonds is 4. The summed E-state index contributed by atoms with van der Waals surface area (Å²) in [5.74, 6) is -0.930. The minimum absolute atomic E-state index is 0.0775. The predicted octanol–water partition coefficient (Wildman–Crippen LogP) is 2.31. The number of nitrogens with one attached hydrogen (secondary N) is 1. The lowest BCUT2D eigenvalue weighted by molar-refractivity contribution is -0.0489. The molecule has 0 aliphatic rings. The zero-order valence-electron chi connectivity index (χ0n) is 10.5. The van der Waals surface area contributed by atoms with Crippen LogP contribution in [0.1, 0.15) is 17.3 Å².